The standard InChI is InChI=1S/C20H26N4O3/c21-19-22-11-16(12-23-19)13-24-10-8-17(25)20(14-24,18(26)27)9-4-7-15-5-2-1-3-6-15/h1-3,5-6,11-12,17,25H,4,7-10,13-14H2,(H,26,27)(H2,21,22,23)/t17-,20+/m0/s1. The van der Waals surface area contributed by atoms with Crippen LogP contribution in [-0.4, -0.2) is 50.2 Å². The molecule has 0 radical (unpaired) electrons. The van der Waals surface area contributed by atoms with Gasteiger partial charge in [-0.3, -0.25) is 9.69 Å². The number of likely N-dealkylation sites (tertiary alicyclic amines) is 1. The summed E-state index contributed by atoms with van der Waals surface area (Å²) in [5.74, 6) is -0.713. The number of carboxylic acids is 1. The molecular weight excluding hydrogens is 344 g/mol. The first-order chi connectivity index (χ1) is 13.0. The third-order valence-corrected chi connectivity index (χ3v) is 5.35. The predicted octanol–water partition coefficient (Wildman–Crippen LogP) is 1.72. The smallest absolute Gasteiger partial charge is 0.313 e. The summed E-state index contributed by atoms with van der Waals surface area (Å²) in [5.41, 5.74) is 6.42. The molecule has 0 bridgehead atoms. The molecule has 1 aliphatic heterocycles. The number of anilines is 1. The van der Waals surface area contributed by atoms with E-state index in [2.05, 4.69) is 14.9 Å². The molecule has 1 saturated heterocycles. The van der Waals surface area contributed by atoms with Crippen molar-refractivity contribution in [2.24, 2.45) is 5.41 Å². The van der Waals surface area contributed by atoms with Gasteiger partial charge < -0.3 is 15.9 Å². The van der Waals surface area contributed by atoms with Crippen molar-refractivity contribution < 1.29 is 15.0 Å². The molecule has 27 heavy (non-hydrogen) atoms. The minimum absolute atomic E-state index is 0.216. The molecule has 2 heterocycles. The second kappa shape index (κ2) is 8.45. The number of hydrogen-bond donors (Lipinski definition) is 3. The Hall–Kier alpha value is -2.51. The van der Waals surface area contributed by atoms with Crippen molar-refractivity contribution in [3.63, 3.8) is 0 Å². The van der Waals surface area contributed by atoms with Crippen LogP contribution >= 0.6 is 0 Å². The zero-order valence-corrected chi connectivity index (χ0v) is 15.3. The largest absolute Gasteiger partial charge is 0.481 e. The summed E-state index contributed by atoms with van der Waals surface area (Å²) < 4.78 is 0. The molecule has 7 nitrogen and oxygen atoms in total. The molecule has 1 aromatic heterocycles. The highest BCUT2D eigenvalue weighted by Crippen LogP contribution is 2.36. The number of aliphatic hydroxyl groups is 1. The number of piperidine rings is 1. The topological polar surface area (TPSA) is 113 Å². The van der Waals surface area contributed by atoms with E-state index in [4.69, 9.17) is 5.73 Å². The summed E-state index contributed by atoms with van der Waals surface area (Å²) in [6, 6.07) is 10.0. The van der Waals surface area contributed by atoms with Gasteiger partial charge in [0.15, 0.2) is 0 Å². The highest BCUT2D eigenvalue weighted by atomic mass is 16.4. The second-order valence-corrected chi connectivity index (χ2v) is 7.27. The zero-order valence-electron chi connectivity index (χ0n) is 15.3. The molecule has 0 unspecified atom stereocenters. The number of benzene rings is 1. The van der Waals surface area contributed by atoms with Gasteiger partial charge in [0, 0.05) is 37.6 Å². The van der Waals surface area contributed by atoms with Crippen LogP contribution in [0.2, 0.25) is 0 Å². The highest BCUT2D eigenvalue weighted by Gasteiger charge is 2.48. The van der Waals surface area contributed by atoms with Crippen LogP contribution in [0.5, 0.6) is 0 Å². The van der Waals surface area contributed by atoms with Gasteiger partial charge in [-0.05, 0) is 31.2 Å². The lowest BCUT2D eigenvalue weighted by molar-refractivity contribution is -0.164. The summed E-state index contributed by atoms with van der Waals surface area (Å²) in [4.78, 5) is 22.2. The Morgan fingerprint density at radius 3 is 2.59 bits per heavy atom. The van der Waals surface area contributed by atoms with E-state index in [1.165, 1.54) is 5.56 Å². The maximum Gasteiger partial charge on any atom is 0.313 e. The van der Waals surface area contributed by atoms with E-state index in [1.54, 1.807) is 12.4 Å². The van der Waals surface area contributed by atoms with Gasteiger partial charge in [-0.2, -0.15) is 0 Å². The lowest BCUT2D eigenvalue weighted by atomic mass is 9.73. The molecule has 0 spiro atoms. The van der Waals surface area contributed by atoms with Crippen LogP contribution < -0.4 is 5.73 Å². The van der Waals surface area contributed by atoms with Gasteiger partial charge in [-0.15, -0.1) is 0 Å². The number of carbonyl (C=O) groups is 1. The Morgan fingerprint density at radius 2 is 1.93 bits per heavy atom. The Labute approximate surface area is 158 Å². The van der Waals surface area contributed by atoms with Crippen LogP contribution in [0.3, 0.4) is 0 Å². The van der Waals surface area contributed by atoms with Crippen molar-refractivity contribution in [1.82, 2.24) is 14.9 Å². The first-order valence-electron chi connectivity index (χ1n) is 9.24. The number of nitrogens with zero attached hydrogens (tertiary/aromatic N) is 3. The van der Waals surface area contributed by atoms with Crippen molar-refractivity contribution in [3.8, 4) is 0 Å². The van der Waals surface area contributed by atoms with Crippen molar-refractivity contribution in [2.75, 3.05) is 18.8 Å². The number of aromatic nitrogens is 2. The molecule has 1 aliphatic rings. The average molecular weight is 370 g/mol. The zero-order chi connectivity index (χ0) is 19.3. The molecule has 7 heteroatoms. The number of aliphatic hydroxyl groups excluding tert-OH is 1. The Kier molecular flexibility index (Phi) is 6.03. The van der Waals surface area contributed by atoms with Crippen molar-refractivity contribution in [3.05, 3.63) is 53.9 Å². The number of rotatable bonds is 7. The van der Waals surface area contributed by atoms with E-state index in [0.717, 1.165) is 12.0 Å². The van der Waals surface area contributed by atoms with E-state index >= 15 is 0 Å². The van der Waals surface area contributed by atoms with Crippen molar-refractivity contribution in [2.45, 2.75) is 38.3 Å². The molecular formula is C20H26N4O3. The van der Waals surface area contributed by atoms with E-state index in [-0.39, 0.29) is 5.95 Å². The molecule has 2 atom stereocenters. The number of aryl methyl sites for hydroxylation is 1. The number of nitrogens with two attached hydrogens (primary N) is 1. The number of aliphatic carboxylic acids is 1. The average Bonchev–Trinajstić information content (AvgIpc) is 2.67. The van der Waals surface area contributed by atoms with Gasteiger partial charge in [0.2, 0.25) is 5.95 Å². The fourth-order valence-electron chi connectivity index (χ4n) is 3.82. The maximum atomic E-state index is 12.1. The molecule has 0 saturated carbocycles. The molecule has 0 amide bonds. The van der Waals surface area contributed by atoms with Gasteiger partial charge in [-0.1, -0.05) is 30.3 Å². The minimum Gasteiger partial charge on any atom is -0.481 e. The lowest BCUT2D eigenvalue weighted by Gasteiger charge is -2.43. The first kappa shape index (κ1) is 19.3. The van der Waals surface area contributed by atoms with Crippen LogP contribution in [0, 0.1) is 5.41 Å². The lowest BCUT2D eigenvalue weighted by Crippen LogP contribution is -2.55. The quantitative estimate of drug-likeness (QED) is 0.680. The van der Waals surface area contributed by atoms with Gasteiger partial charge in [0.05, 0.1) is 6.10 Å². The molecule has 2 aromatic rings. The van der Waals surface area contributed by atoms with Gasteiger partial charge in [-0.25, -0.2) is 9.97 Å². The molecule has 1 aromatic carbocycles. The van der Waals surface area contributed by atoms with E-state index in [9.17, 15) is 15.0 Å². The maximum absolute atomic E-state index is 12.1. The van der Waals surface area contributed by atoms with E-state index in [0.29, 0.717) is 38.9 Å². The van der Waals surface area contributed by atoms with Crippen molar-refractivity contribution in [1.29, 1.82) is 0 Å². The Bertz CT molecular complexity index is 754. The summed E-state index contributed by atoms with van der Waals surface area (Å²) in [6.07, 6.45) is 4.86. The summed E-state index contributed by atoms with van der Waals surface area (Å²) in [6.45, 7) is 1.49. The predicted molar refractivity (Wildman–Crippen MR) is 102 cm³/mol. The number of carboxylic acid groups (broad SMARTS) is 1. The number of nitrogen functional groups attached to an aromatic ring is 1. The highest BCUT2D eigenvalue weighted by molar-refractivity contribution is 5.76. The third-order valence-electron chi connectivity index (χ3n) is 5.35. The van der Waals surface area contributed by atoms with Crippen LogP contribution in [0.1, 0.15) is 30.4 Å². The van der Waals surface area contributed by atoms with Crippen LogP contribution in [0.25, 0.3) is 0 Å². The van der Waals surface area contributed by atoms with Crippen LogP contribution in [-0.2, 0) is 17.8 Å². The van der Waals surface area contributed by atoms with E-state index in [1.807, 2.05) is 30.3 Å². The third kappa shape index (κ3) is 4.61. The molecule has 0 aliphatic carbocycles. The SMILES string of the molecule is Nc1ncc(CN2CC[C@H](O)[C@](CCCc3ccccc3)(C(=O)O)C2)cn1. The molecule has 144 valence electrons. The first-order valence-corrected chi connectivity index (χ1v) is 9.24. The summed E-state index contributed by atoms with van der Waals surface area (Å²) in [5, 5.41) is 20.5. The van der Waals surface area contributed by atoms with Gasteiger partial charge in [0.25, 0.3) is 0 Å². The Morgan fingerprint density at radius 1 is 1.22 bits per heavy atom. The number of hydrogen-bond acceptors (Lipinski definition) is 6. The molecule has 3 rings (SSSR count). The fraction of sp³-hybridized carbons (Fsp3) is 0.450. The monoisotopic (exact) mass is 370 g/mol. The second-order valence-electron chi connectivity index (χ2n) is 7.27. The van der Waals surface area contributed by atoms with Gasteiger partial charge >= 0.3 is 5.97 Å². The molecule has 1 fully saturated rings. The van der Waals surface area contributed by atoms with Crippen molar-refractivity contribution >= 4 is 11.9 Å². The fourth-order valence-corrected chi connectivity index (χ4v) is 3.82. The van der Waals surface area contributed by atoms with Crippen LogP contribution in [0.15, 0.2) is 42.7 Å². The van der Waals surface area contributed by atoms with E-state index < -0.39 is 17.5 Å². The van der Waals surface area contributed by atoms with Gasteiger partial charge in [0.1, 0.15) is 5.41 Å². The van der Waals surface area contributed by atoms with Crippen LogP contribution in [0.4, 0.5) is 5.95 Å². The Balaban J connectivity index is 1.67. The summed E-state index contributed by atoms with van der Waals surface area (Å²) in [7, 11) is 0. The molecule has 4 N–H and O–H groups in total. The summed E-state index contributed by atoms with van der Waals surface area (Å²) >= 11 is 0. The minimum atomic E-state index is -1.15. The normalized spacial score (nSPS) is 23.2.